The van der Waals surface area contributed by atoms with Crippen LogP contribution in [0.5, 0.6) is 0 Å². The van der Waals surface area contributed by atoms with Gasteiger partial charge >= 0.3 is 0 Å². The van der Waals surface area contributed by atoms with Gasteiger partial charge in [0.05, 0.1) is 12.9 Å². The molecule has 1 unspecified atom stereocenters. The van der Waals surface area contributed by atoms with E-state index in [2.05, 4.69) is 0 Å². The number of hydrogen-bond acceptors (Lipinski definition) is 2. The van der Waals surface area contributed by atoms with Gasteiger partial charge in [-0.1, -0.05) is 6.08 Å². The molecule has 0 aromatic rings. The summed E-state index contributed by atoms with van der Waals surface area (Å²) in [7, 11) is 0. The second kappa shape index (κ2) is 6.06. The van der Waals surface area contributed by atoms with Gasteiger partial charge in [-0.25, -0.2) is 0 Å². The van der Waals surface area contributed by atoms with Crippen LogP contribution in [-0.4, -0.2) is 19.8 Å². The van der Waals surface area contributed by atoms with E-state index >= 15 is 0 Å². The molecule has 0 aromatic carbocycles. The molecule has 1 atom stereocenters. The first kappa shape index (κ1) is 9.59. The van der Waals surface area contributed by atoms with Gasteiger partial charge in [0, 0.05) is 13.2 Å². The minimum absolute atomic E-state index is 0.791. The first-order valence-electron chi connectivity index (χ1n) is 4.74. The lowest BCUT2D eigenvalue weighted by Crippen LogP contribution is -2.00. The van der Waals surface area contributed by atoms with Crippen LogP contribution in [0.2, 0.25) is 0 Å². The molecule has 1 aliphatic rings. The minimum Gasteiger partial charge on any atom is -0.502 e. The molecule has 0 aromatic heterocycles. The van der Waals surface area contributed by atoms with Crippen molar-refractivity contribution in [2.45, 2.75) is 26.2 Å². The van der Waals surface area contributed by atoms with Crippen LogP contribution in [0, 0.1) is 5.92 Å². The van der Waals surface area contributed by atoms with Crippen LogP contribution < -0.4 is 0 Å². The summed E-state index contributed by atoms with van der Waals surface area (Å²) < 4.78 is 10.5. The summed E-state index contributed by atoms with van der Waals surface area (Å²) in [5.41, 5.74) is 0. The maximum atomic E-state index is 5.28. The highest BCUT2D eigenvalue weighted by atomic mass is 16.5. The zero-order chi connectivity index (χ0) is 8.65. The van der Waals surface area contributed by atoms with Crippen LogP contribution in [-0.2, 0) is 9.47 Å². The van der Waals surface area contributed by atoms with E-state index in [1.54, 1.807) is 6.26 Å². The smallest absolute Gasteiger partial charge is 0.0873 e. The van der Waals surface area contributed by atoms with Gasteiger partial charge in [-0.3, -0.25) is 0 Å². The number of ether oxygens (including phenoxy) is 2. The molecule has 1 rings (SSSR count). The van der Waals surface area contributed by atoms with E-state index in [4.69, 9.17) is 9.47 Å². The predicted octanol–water partition coefficient (Wildman–Crippen LogP) is 2.35. The molecule has 0 bridgehead atoms. The van der Waals surface area contributed by atoms with E-state index < -0.39 is 0 Å². The molecule has 0 N–H and O–H groups in total. The van der Waals surface area contributed by atoms with Gasteiger partial charge in [-0.05, 0) is 32.1 Å². The zero-order valence-electron chi connectivity index (χ0n) is 7.79. The lowest BCUT2D eigenvalue weighted by atomic mass is 10.0. The topological polar surface area (TPSA) is 18.5 Å². The van der Waals surface area contributed by atoms with Gasteiger partial charge in [0.1, 0.15) is 0 Å². The van der Waals surface area contributed by atoms with Crippen LogP contribution in [0.4, 0.5) is 0 Å². The molecule has 2 nitrogen and oxygen atoms in total. The first-order chi connectivity index (χ1) is 5.93. The van der Waals surface area contributed by atoms with E-state index in [-0.39, 0.29) is 0 Å². The Hall–Kier alpha value is -0.500. The van der Waals surface area contributed by atoms with Crippen molar-refractivity contribution in [3.8, 4) is 0 Å². The molecule has 1 saturated heterocycles. The van der Waals surface area contributed by atoms with E-state index in [1.165, 1.54) is 12.8 Å². The fourth-order valence-corrected chi connectivity index (χ4v) is 1.43. The summed E-state index contributed by atoms with van der Waals surface area (Å²) in [6, 6.07) is 0. The van der Waals surface area contributed by atoms with Crippen molar-refractivity contribution in [1.29, 1.82) is 0 Å². The Morgan fingerprint density at radius 1 is 1.58 bits per heavy atom. The van der Waals surface area contributed by atoms with Crippen LogP contribution in [0.1, 0.15) is 26.2 Å². The lowest BCUT2D eigenvalue weighted by Gasteiger charge is -2.05. The van der Waals surface area contributed by atoms with Gasteiger partial charge < -0.3 is 9.47 Å². The number of hydrogen-bond donors (Lipinski definition) is 0. The third-order valence-electron chi connectivity index (χ3n) is 2.13. The summed E-state index contributed by atoms with van der Waals surface area (Å²) in [6.07, 6.45) is 7.31. The van der Waals surface area contributed by atoms with Gasteiger partial charge in [-0.15, -0.1) is 0 Å². The number of rotatable bonds is 5. The van der Waals surface area contributed by atoms with Gasteiger partial charge in [0.15, 0.2) is 0 Å². The SMILES string of the molecule is C/C=C/OCCCC1CCOC1. The van der Waals surface area contributed by atoms with Crippen LogP contribution >= 0.6 is 0 Å². The number of allylic oxidation sites excluding steroid dienone is 1. The van der Waals surface area contributed by atoms with Crippen molar-refractivity contribution < 1.29 is 9.47 Å². The second-order valence-electron chi connectivity index (χ2n) is 3.21. The normalized spacial score (nSPS) is 23.6. The Balaban J connectivity index is 1.87. The molecule has 0 spiro atoms. The molecule has 2 heteroatoms. The van der Waals surface area contributed by atoms with E-state index in [0.29, 0.717) is 0 Å². The second-order valence-corrected chi connectivity index (χ2v) is 3.21. The molecule has 0 saturated carbocycles. The van der Waals surface area contributed by atoms with E-state index in [0.717, 1.165) is 32.2 Å². The third kappa shape index (κ3) is 3.77. The van der Waals surface area contributed by atoms with Crippen molar-refractivity contribution >= 4 is 0 Å². The van der Waals surface area contributed by atoms with E-state index in [1.807, 2.05) is 13.0 Å². The molecule has 1 aliphatic heterocycles. The molecule has 12 heavy (non-hydrogen) atoms. The fraction of sp³-hybridized carbons (Fsp3) is 0.800. The Bertz CT molecular complexity index is 126. The molecule has 1 heterocycles. The van der Waals surface area contributed by atoms with Gasteiger partial charge in [-0.2, -0.15) is 0 Å². The summed E-state index contributed by atoms with van der Waals surface area (Å²) in [6.45, 7) is 4.73. The highest BCUT2D eigenvalue weighted by molar-refractivity contribution is 4.66. The maximum absolute atomic E-state index is 5.28. The van der Waals surface area contributed by atoms with E-state index in [9.17, 15) is 0 Å². The summed E-state index contributed by atoms with van der Waals surface area (Å²) in [5, 5.41) is 0. The van der Waals surface area contributed by atoms with Crippen LogP contribution in [0.25, 0.3) is 0 Å². The highest BCUT2D eigenvalue weighted by Gasteiger charge is 2.14. The molecular formula is C10H18O2. The fourth-order valence-electron chi connectivity index (χ4n) is 1.43. The van der Waals surface area contributed by atoms with Gasteiger partial charge in [0.25, 0.3) is 0 Å². The molecule has 0 aliphatic carbocycles. The maximum Gasteiger partial charge on any atom is 0.0873 e. The zero-order valence-corrected chi connectivity index (χ0v) is 7.79. The van der Waals surface area contributed by atoms with Crippen molar-refractivity contribution in [3.05, 3.63) is 12.3 Å². The van der Waals surface area contributed by atoms with Crippen molar-refractivity contribution in [2.24, 2.45) is 5.92 Å². The standard InChI is InChI=1S/C10H18O2/c1-2-6-11-7-3-4-10-5-8-12-9-10/h2,6,10H,3-5,7-9H2,1H3/b6-2+. The monoisotopic (exact) mass is 170 g/mol. The Morgan fingerprint density at radius 2 is 2.50 bits per heavy atom. The Morgan fingerprint density at radius 3 is 3.17 bits per heavy atom. The lowest BCUT2D eigenvalue weighted by molar-refractivity contribution is 0.179. The van der Waals surface area contributed by atoms with Crippen molar-refractivity contribution in [1.82, 2.24) is 0 Å². The summed E-state index contributed by atoms with van der Waals surface area (Å²) in [4.78, 5) is 0. The summed E-state index contributed by atoms with van der Waals surface area (Å²) in [5.74, 6) is 0.791. The molecule has 1 fully saturated rings. The van der Waals surface area contributed by atoms with Crippen LogP contribution in [0.3, 0.4) is 0 Å². The molecule has 70 valence electrons. The van der Waals surface area contributed by atoms with Crippen molar-refractivity contribution in [3.63, 3.8) is 0 Å². The quantitative estimate of drug-likeness (QED) is 0.466. The largest absolute Gasteiger partial charge is 0.502 e. The minimum atomic E-state index is 0.791. The molecule has 0 amide bonds. The van der Waals surface area contributed by atoms with Crippen LogP contribution in [0.15, 0.2) is 12.3 Å². The Labute approximate surface area is 74.6 Å². The molecule has 0 radical (unpaired) electrons. The van der Waals surface area contributed by atoms with Crippen molar-refractivity contribution in [2.75, 3.05) is 19.8 Å². The first-order valence-corrected chi connectivity index (χ1v) is 4.74. The highest BCUT2D eigenvalue weighted by Crippen LogP contribution is 2.17. The predicted molar refractivity (Wildman–Crippen MR) is 48.9 cm³/mol. The Kier molecular flexibility index (Phi) is 4.85. The third-order valence-corrected chi connectivity index (χ3v) is 2.13. The average Bonchev–Trinajstić information content (AvgIpc) is 2.57. The summed E-state index contributed by atoms with van der Waals surface area (Å²) >= 11 is 0. The average molecular weight is 170 g/mol. The van der Waals surface area contributed by atoms with Gasteiger partial charge in [0.2, 0.25) is 0 Å². The molecular weight excluding hydrogens is 152 g/mol.